The van der Waals surface area contributed by atoms with Gasteiger partial charge in [-0.2, -0.15) is 0 Å². The van der Waals surface area contributed by atoms with Gasteiger partial charge in [0.05, 0.1) is 6.04 Å². The molecule has 1 atom stereocenters. The molecule has 90 valence electrons. The quantitative estimate of drug-likeness (QED) is 0.911. The zero-order valence-corrected chi connectivity index (χ0v) is 11.7. The third-order valence-corrected chi connectivity index (χ3v) is 5.14. The van der Waals surface area contributed by atoms with Gasteiger partial charge in [-0.3, -0.25) is 0 Å². The van der Waals surface area contributed by atoms with Gasteiger partial charge in [-0.1, -0.05) is 0 Å². The van der Waals surface area contributed by atoms with Crippen LogP contribution in [0.4, 0.5) is 0 Å². The highest BCUT2D eigenvalue weighted by Crippen LogP contribution is 2.34. The molecule has 3 rings (SSSR count). The molecule has 0 saturated heterocycles. The van der Waals surface area contributed by atoms with Crippen molar-refractivity contribution in [1.82, 2.24) is 10.3 Å². The Morgan fingerprint density at radius 2 is 2.18 bits per heavy atom. The molecule has 2 aromatic heterocycles. The molecule has 2 aromatic rings. The lowest BCUT2D eigenvalue weighted by Crippen LogP contribution is -2.24. The van der Waals surface area contributed by atoms with Crippen LogP contribution in [-0.4, -0.2) is 11.0 Å². The van der Waals surface area contributed by atoms with E-state index in [9.17, 15) is 0 Å². The second-order valence-corrected chi connectivity index (χ2v) is 6.51. The zero-order valence-electron chi connectivity index (χ0n) is 10.1. The molecule has 0 amide bonds. The van der Waals surface area contributed by atoms with Crippen LogP contribution in [0.5, 0.6) is 0 Å². The molecule has 0 spiro atoms. The fourth-order valence-electron chi connectivity index (χ4n) is 1.93. The molecule has 1 N–H and O–H groups in total. The molecule has 0 radical (unpaired) electrons. The molecule has 1 saturated carbocycles. The predicted molar refractivity (Wildman–Crippen MR) is 73.9 cm³/mol. The van der Waals surface area contributed by atoms with Crippen LogP contribution in [0.3, 0.4) is 0 Å². The van der Waals surface area contributed by atoms with E-state index in [1.165, 1.54) is 28.3 Å². The first-order valence-corrected chi connectivity index (χ1v) is 7.72. The van der Waals surface area contributed by atoms with Gasteiger partial charge in [-0.15, -0.1) is 22.7 Å². The van der Waals surface area contributed by atoms with E-state index in [1.54, 1.807) is 11.3 Å². The second kappa shape index (κ2) is 4.52. The lowest BCUT2D eigenvalue weighted by atomic mass is 10.1. The average molecular weight is 264 g/mol. The van der Waals surface area contributed by atoms with Crippen molar-refractivity contribution in [3.05, 3.63) is 38.0 Å². The molecule has 1 aliphatic carbocycles. The zero-order chi connectivity index (χ0) is 11.8. The molecular formula is C13H16N2S2. The van der Waals surface area contributed by atoms with Gasteiger partial charge in [0.25, 0.3) is 0 Å². The van der Waals surface area contributed by atoms with Crippen LogP contribution >= 0.6 is 22.7 Å². The van der Waals surface area contributed by atoms with E-state index < -0.39 is 0 Å². The molecule has 0 aromatic carbocycles. The van der Waals surface area contributed by atoms with E-state index in [2.05, 4.69) is 41.0 Å². The molecule has 1 fully saturated rings. The van der Waals surface area contributed by atoms with Gasteiger partial charge in [-0.05, 0) is 43.7 Å². The number of hydrogen-bond acceptors (Lipinski definition) is 4. The van der Waals surface area contributed by atoms with Crippen LogP contribution in [0.1, 0.15) is 40.0 Å². The van der Waals surface area contributed by atoms with Gasteiger partial charge in [0.2, 0.25) is 0 Å². The number of thiophene rings is 1. The minimum Gasteiger partial charge on any atom is -0.301 e. The average Bonchev–Trinajstić information content (AvgIpc) is 2.87. The van der Waals surface area contributed by atoms with Crippen LogP contribution in [0.15, 0.2) is 16.8 Å². The minimum absolute atomic E-state index is 0.307. The maximum atomic E-state index is 4.65. The van der Waals surface area contributed by atoms with E-state index in [1.807, 2.05) is 11.3 Å². The van der Waals surface area contributed by atoms with Crippen molar-refractivity contribution in [3.63, 3.8) is 0 Å². The van der Waals surface area contributed by atoms with Crippen LogP contribution < -0.4 is 5.32 Å². The fourth-order valence-corrected chi connectivity index (χ4v) is 3.86. The summed E-state index contributed by atoms with van der Waals surface area (Å²) >= 11 is 3.60. The third kappa shape index (κ3) is 2.44. The molecule has 4 heteroatoms. The van der Waals surface area contributed by atoms with Gasteiger partial charge in [-0.25, -0.2) is 4.98 Å². The summed E-state index contributed by atoms with van der Waals surface area (Å²) in [7, 11) is 0. The Morgan fingerprint density at radius 1 is 1.35 bits per heavy atom. The van der Waals surface area contributed by atoms with Crippen molar-refractivity contribution < 1.29 is 0 Å². The molecule has 0 aliphatic heterocycles. The highest BCUT2D eigenvalue weighted by atomic mass is 32.1. The Labute approximate surface area is 110 Å². The maximum absolute atomic E-state index is 4.65. The number of nitrogens with zero attached hydrogens (tertiary/aromatic N) is 1. The van der Waals surface area contributed by atoms with Crippen LogP contribution in [0, 0.1) is 13.8 Å². The molecule has 2 heterocycles. The summed E-state index contributed by atoms with van der Waals surface area (Å²) in [4.78, 5) is 6.07. The molecule has 1 unspecified atom stereocenters. The highest BCUT2D eigenvalue weighted by Gasteiger charge is 2.29. The number of thiazole rings is 1. The largest absolute Gasteiger partial charge is 0.301 e. The van der Waals surface area contributed by atoms with E-state index >= 15 is 0 Å². The van der Waals surface area contributed by atoms with Gasteiger partial charge < -0.3 is 5.32 Å². The topological polar surface area (TPSA) is 24.9 Å². The predicted octanol–water partition coefficient (Wildman–Crippen LogP) is 3.66. The summed E-state index contributed by atoms with van der Waals surface area (Å²) in [6.07, 6.45) is 2.62. The van der Waals surface area contributed by atoms with Crippen molar-refractivity contribution in [2.75, 3.05) is 0 Å². The lowest BCUT2D eigenvalue weighted by Gasteiger charge is -2.15. The summed E-state index contributed by atoms with van der Waals surface area (Å²) < 4.78 is 0. The van der Waals surface area contributed by atoms with Crippen LogP contribution in [0.25, 0.3) is 0 Å². The number of nitrogens with one attached hydrogen (secondary N) is 1. The SMILES string of the molecule is Cc1csc(C(NC2CC2)c2sccc2C)n1. The Morgan fingerprint density at radius 3 is 2.71 bits per heavy atom. The number of aryl methyl sites for hydroxylation is 2. The van der Waals surface area contributed by atoms with Crippen LogP contribution in [0.2, 0.25) is 0 Å². The van der Waals surface area contributed by atoms with Gasteiger partial charge in [0.15, 0.2) is 0 Å². The third-order valence-electron chi connectivity index (χ3n) is 3.03. The number of hydrogen-bond donors (Lipinski definition) is 1. The second-order valence-electron chi connectivity index (χ2n) is 4.67. The summed E-state index contributed by atoms with van der Waals surface area (Å²) in [6, 6.07) is 3.20. The van der Waals surface area contributed by atoms with Crippen LogP contribution in [-0.2, 0) is 0 Å². The van der Waals surface area contributed by atoms with E-state index in [4.69, 9.17) is 0 Å². The van der Waals surface area contributed by atoms with Crippen molar-refractivity contribution in [2.45, 2.75) is 38.8 Å². The van der Waals surface area contributed by atoms with Gasteiger partial charge in [0, 0.05) is 22.0 Å². The van der Waals surface area contributed by atoms with E-state index in [0.29, 0.717) is 12.1 Å². The summed E-state index contributed by atoms with van der Waals surface area (Å²) in [5.74, 6) is 0. The van der Waals surface area contributed by atoms with Crippen molar-refractivity contribution in [1.29, 1.82) is 0 Å². The summed E-state index contributed by atoms with van der Waals surface area (Å²) in [5, 5.41) is 9.24. The minimum atomic E-state index is 0.307. The Hall–Kier alpha value is -0.710. The molecule has 2 nitrogen and oxygen atoms in total. The smallest absolute Gasteiger partial charge is 0.115 e. The molecular weight excluding hydrogens is 248 g/mol. The monoisotopic (exact) mass is 264 g/mol. The Bertz CT molecular complexity index is 511. The first kappa shape index (κ1) is 11.4. The number of rotatable bonds is 4. The standard InChI is InChI=1S/C13H16N2S2/c1-8-5-6-16-12(8)11(15-10-3-4-10)13-14-9(2)7-17-13/h5-7,10-11,15H,3-4H2,1-2H3. The Kier molecular flexibility index (Phi) is 3.03. The number of aromatic nitrogens is 1. The van der Waals surface area contributed by atoms with Gasteiger partial charge >= 0.3 is 0 Å². The first-order valence-electron chi connectivity index (χ1n) is 5.96. The van der Waals surface area contributed by atoms with E-state index in [0.717, 1.165) is 5.69 Å². The van der Waals surface area contributed by atoms with Crippen molar-refractivity contribution in [3.8, 4) is 0 Å². The first-order chi connectivity index (χ1) is 8.24. The molecule has 17 heavy (non-hydrogen) atoms. The molecule has 0 bridgehead atoms. The van der Waals surface area contributed by atoms with Crippen molar-refractivity contribution >= 4 is 22.7 Å². The lowest BCUT2D eigenvalue weighted by molar-refractivity contribution is 0.603. The van der Waals surface area contributed by atoms with Crippen molar-refractivity contribution in [2.24, 2.45) is 0 Å². The summed E-state index contributed by atoms with van der Waals surface area (Å²) in [5.41, 5.74) is 2.50. The fraction of sp³-hybridized carbons (Fsp3) is 0.462. The summed E-state index contributed by atoms with van der Waals surface area (Å²) in [6.45, 7) is 4.25. The Balaban J connectivity index is 1.93. The molecule has 1 aliphatic rings. The normalized spacial score (nSPS) is 17.3. The highest BCUT2D eigenvalue weighted by molar-refractivity contribution is 7.11. The maximum Gasteiger partial charge on any atom is 0.115 e. The van der Waals surface area contributed by atoms with Gasteiger partial charge in [0.1, 0.15) is 5.01 Å². The van der Waals surface area contributed by atoms with E-state index in [-0.39, 0.29) is 0 Å².